The highest BCUT2D eigenvalue weighted by Crippen LogP contribution is 2.29. The molecule has 6 nitrogen and oxygen atoms in total. The van der Waals surface area contributed by atoms with Gasteiger partial charge in [-0.15, -0.1) is 0 Å². The Hall–Kier alpha value is -2.67. The number of carbonyl (C=O) groups excluding carboxylic acids is 1. The first-order valence-corrected chi connectivity index (χ1v) is 9.01. The van der Waals surface area contributed by atoms with Crippen LogP contribution in [0.25, 0.3) is 0 Å². The van der Waals surface area contributed by atoms with Crippen molar-refractivity contribution in [2.45, 2.75) is 33.2 Å². The highest BCUT2D eigenvalue weighted by Gasteiger charge is 2.21. The van der Waals surface area contributed by atoms with Crippen LogP contribution in [0.15, 0.2) is 35.5 Å². The van der Waals surface area contributed by atoms with E-state index in [1.165, 1.54) is 18.3 Å². The second-order valence-electron chi connectivity index (χ2n) is 5.63. The van der Waals surface area contributed by atoms with Crippen LogP contribution >= 0.6 is 11.6 Å². The smallest absolute Gasteiger partial charge is 0.282 e. The molecule has 0 saturated heterocycles. The lowest BCUT2D eigenvalue weighted by molar-refractivity contribution is 0.102. The lowest BCUT2D eigenvalue weighted by atomic mass is 10.0. The van der Waals surface area contributed by atoms with Crippen LogP contribution in [0.5, 0.6) is 0 Å². The number of benzene rings is 1. The Morgan fingerprint density at radius 2 is 2.11 bits per heavy atom. The predicted molar refractivity (Wildman–Crippen MR) is 105 cm³/mol. The summed E-state index contributed by atoms with van der Waals surface area (Å²) in [4.78, 5) is 20.5. The molecule has 1 aromatic heterocycles. The SMILES string of the molecule is CC.Cc1cc(Cl)cnc1C(=O)Nc1ccc(F)c(C2CCOC(N)=N2)c1. The summed E-state index contributed by atoms with van der Waals surface area (Å²) < 4.78 is 19.2. The van der Waals surface area contributed by atoms with Gasteiger partial charge < -0.3 is 15.8 Å². The number of nitrogens with one attached hydrogen (secondary N) is 1. The molecule has 1 amide bonds. The lowest BCUT2D eigenvalue weighted by Gasteiger charge is -2.20. The lowest BCUT2D eigenvalue weighted by Crippen LogP contribution is -2.24. The summed E-state index contributed by atoms with van der Waals surface area (Å²) in [6.45, 7) is 6.10. The number of aryl methyl sites for hydroxylation is 1. The number of amidine groups is 1. The summed E-state index contributed by atoms with van der Waals surface area (Å²) in [5.74, 6) is -0.816. The minimum absolute atomic E-state index is 0.0334. The fourth-order valence-corrected chi connectivity index (χ4v) is 2.81. The maximum absolute atomic E-state index is 14.2. The van der Waals surface area contributed by atoms with Crippen LogP contribution in [0.2, 0.25) is 5.02 Å². The molecule has 0 saturated carbocycles. The number of nitrogens with zero attached hydrogens (tertiary/aromatic N) is 2. The molecule has 1 unspecified atom stereocenters. The van der Waals surface area contributed by atoms with Gasteiger partial charge in [0.05, 0.1) is 17.7 Å². The van der Waals surface area contributed by atoms with Gasteiger partial charge in [-0.2, -0.15) is 0 Å². The predicted octanol–water partition coefficient (Wildman–Crippen LogP) is 4.24. The van der Waals surface area contributed by atoms with E-state index >= 15 is 0 Å². The van der Waals surface area contributed by atoms with E-state index < -0.39 is 17.8 Å². The van der Waals surface area contributed by atoms with E-state index in [0.29, 0.717) is 34.9 Å². The van der Waals surface area contributed by atoms with E-state index in [9.17, 15) is 9.18 Å². The van der Waals surface area contributed by atoms with Gasteiger partial charge in [0.25, 0.3) is 11.9 Å². The normalized spacial score (nSPS) is 15.7. The molecule has 2 aromatic rings. The summed E-state index contributed by atoms with van der Waals surface area (Å²) in [6.07, 6.45) is 1.91. The van der Waals surface area contributed by atoms with Crippen molar-refractivity contribution in [1.29, 1.82) is 0 Å². The van der Waals surface area contributed by atoms with Crippen LogP contribution in [-0.2, 0) is 4.74 Å². The maximum atomic E-state index is 14.2. The van der Waals surface area contributed by atoms with Crippen LogP contribution < -0.4 is 11.1 Å². The van der Waals surface area contributed by atoms with Crippen molar-refractivity contribution in [2.24, 2.45) is 10.7 Å². The van der Waals surface area contributed by atoms with E-state index in [2.05, 4.69) is 15.3 Å². The zero-order valence-corrected chi connectivity index (χ0v) is 16.2. The quantitative estimate of drug-likeness (QED) is 0.817. The summed E-state index contributed by atoms with van der Waals surface area (Å²) >= 11 is 5.85. The third kappa shape index (κ3) is 5.17. The van der Waals surface area contributed by atoms with Crippen molar-refractivity contribution in [2.75, 3.05) is 11.9 Å². The molecule has 144 valence electrons. The average Bonchev–Trinajstić information content (AvgIpc) is 2.65. The molecule has 3 rings (SSSR count). The Bertz CT molecular complexity index is 858. The number of amides is 1. The first-order chi connectivity index (χ1) is 12.9. The van der Waals surface area contributed by atoms with E-state index in [0.717, 1.165) is 0 Å². The molecular formula is C19H22ClFN4O2. The van der Waals surface area contributed by atoms with Crippen molar-refractivity contribution < 1.29 is 13.9 Å². The van der Waals surface area contributed by atoms with E-state index in [1.807, 2.05) is 13.8 Å². The number of pyridine rings is 1. The van der Waals surface area contributed by atoms with Gasteiger partial charge in [-0.05, 0) is 36.8 Å². The Kier molecular flexibility index (Phi) is 7.12. The van der Waals surface area contributed by atoms with Crippen LogP contribution in [0, 0.1) is 12.7 Å². The Morgan fingerprint density at radius 1 is 1.37 bits per heavy atom. The van der Waals surface area contributed by atoms with Gasteiger partial charge in [0.2, 0.25) is 0 Å². The van der Waals surface area contributed by atoms with Crippen LogP contribution in [0.3, 0.4) is 0 Å². The van der Waals surface area contributed by atoms with Gasteiger partial charge in [0.1, 0.15) is 11.5 Å². The number of ether oxygens (including phenoxy) is 1. The first kappa shape index (κ1) is 20.6. The number of aromatic nitrogens is 1. The molecule has 1 aliphatic heterocycles. The van der Waals surface area contributed by atoms with Gasteiger partial charge in [-0.1, -0.05) is 25.4 Å². The van der Waals surface area contributed by atoms with Crippen LogP contribution in [0.4, 0.5) is 10.1 Å². The molecule has 1 aromatic carbocycles. The largest absolute Gasteiger partial charge is 0.465 e. The molecule has 8 heteroatoms. The molecule has 0 bridgehead atoms. The molecular weight excluding hydrogens is 371 g/mol. The number of anilines is 1. The van der Waals surface area contributed by atoms with Gasteiger partial charge in [-0.3, -0.25) is 4.79 Å². The minimum atomic E-state index is -0.444. The summed E-state index contributed by atoms with van der Waals surface area (Å²) in [5, 5.41) is 3.17. The fourth-order valence-electron chi connectivity index (χ4n) is 2.60. The fraction of sp³-hybridized carbons (Fsp3) is 0.316. The summed E-state index contributed by atoms with van der Waals surface area (Å²) in [5.41, 5.74) is 7.25. The van der Waals surface area contributed by atoms with E-state index in [1.54, 1.807) is 19.1 Å². The Balaban J connectivity index is 0.00000126. The molecule has 1 atom stereocenters. The molecule has 0 aliphatic carbocycles. The number of hydrogen-bond donors (Lipinski definition) is 2. The number of nitrogens with two attached hydrogens (primary N) is 1. The molecule has 1 aliphatic rings. The zero-order chi connectivity index (χ0) is 20.0. The van der Waals surface area contributed by atoms with Crippen molar-refractivity contribution in [1.82, 2.24) is 4.98 Å². The topological polar surface area (TPSA) is 89.6 Å². The number of carbonyl (C=O) groups is 1. The number of aliphatic imine (C=N–C) groups is 1. The highest BCUT2D eigenvalue weighted by atomic mass is 35.5. The first-order valence-electron chi connectivity index (χ1n) is 8.63. The summed E-state index contributed by atoms with van der Waals surface area (Å²) in [7, 11) is 0. The standard InChI is InChI=1S/C17H16ClFN4O2.C2H6/c1-9-6-10(18)8-21-15(9)16(24)22-11-2-3-13(19)12(7-11)14-4-5-25-17(20)23-14;1-2/h2-3,6-8,14H,4-5H2,1H3,(H2,20,23)(H,22,24);1-2H3. The van der Waals surface area contributed by atoms with Crippen molar-refractivity contribution >= 4 is 29.2 Å². The maximum Gasteiger partial charge on any atom is 0.282 e. The number of halogens is 2. The van der Waals surface area contributed by atoms with Crippen molar-refractivity contribution in [3.8, 4) is 0 Å². The molecule has 0 fully saturated rings. The van der Waals surface area contributed by atoms with Crippen molar-refractivity contribution in [3.05, 3.63) is 58.1 Å². The number of rotatable bonds is 3. The molecule has 2 heterocycles. The number of hydrogen-bond acceptors (Lipinski definition) is 5. The zero-order valence-electron chi connectivity index (χ0n) is 15.4. The highest BCUT2D eigenvalue weighted by molar-refractivity contribution is 6.30. The van der Waals surface area contributed by atoms with Crippen LogP contribution in [-0.4, -0.2) is 23.5 Å². The molecule has 3 N–H and O–H groups in total. The summed E-state index contributed by atoms with van der Waals surface area (Å²) in [6, 6.07) is 5.56. The van der Waals surface area contributed by atoms with Gasteiger partial charge in [0, 0.05) is 23.9 Å². The molecule has 27 heavy (non-hydrogen) atoms. The average molecular weight is 393 g/mol. The second kappa shape index (κ2) is 9.32. The molecule has 0 spiro atoms. The van der Waals surface area contributed by atoms with Crippen LogP contribution in [0.1, 0.15) is 47.9 Å². The Labute approximate surface area is 162 Å². The molecule has 0 radical (unpaired) electrons. The van der Waals surface area contributed by atoms with Gasteiger partial charge >= 0.3 is 0 Å². The second-order valence-corrected chi connectivity index (χ2v) is 6.07. The Morgan fingerprint density at radius 3 is 2.78 bits per heavy atom. The third-order valence-electron chi connectivity index (χ3n) is 3.80. The minimum Gasteiger partial charge on any atom is -0.465 e. The van der Waals surface area contributed by atoms with E-state index in [4.69, 9.17) is 22.1 Å². The van der Waals surface area contributed by atoms with E-state index in [-0.39, 0.29) is 11.7 Å². The van der Waals surface area contributed by atoms with Crippen molar-refractivity contribution in [3.63, 3.8) is 0 Å². The third-order valence-corrected chi connectivity index (χ3v) is 4.00. The van der Waals surface area contributed by atoms with Gasteiger partial charge in [-0.25, -0.2) is 14.4 Å². The van der Waals surface area contributed by atoms with Gasteiger partial charge in [0.15, 0.2) is 0 Å². The monoisotopic (exact) mass is 392 g/mol.